The summed E-state index contributed by atoms with van der Waals surface area (Å²) < 4.78 is 11.4. The van der Waals surface area contributed by atoms with Crippen LogP contribution in [0, 0.1) is 0 Å². The molecule has 0 aliphatic carbocycles. The summed E-state index contributed by atoms with van der Waals surface area (Å²) >= 11 is 1.42. The fourth-order valence-corrected chi connectivity index (χ4v) is 3.59. The van der Waals surface area contributed by atoms with Crippen LogP contribution >= 0.6 is 11.3 Å². The Kier molecular flexibility index (Phi) is 5.62. The number of esters is 1. The first-order chi connectivity index (χ1) is 11.3. The van der Waals surface area contributed by atoms with Crippen molar-refractivity contribution in [1.82, 2.24) is 4.90 Å². The van der Waals surface area contributed by atoms with Gasteiger partial charge in [0.2, 0.25) is 0 Å². The van der Waals surface area contributed by atoms with E-state index in [2.05, 4.69) is 0 Å². The van der Waals surface area contributed by atoms with Gasteiger partial charge < -0.3 is 14.4 Å². The van der Waals surface area contributed by atoms with Gasteiger partial charge in [-0.3, -0.25) is 4.79 Å². The molecule has 1 aromatic heterocycles. The van der Waals surface area contributed by atoms with Crippen molar-refractivity contribution in [2.24, 2.45) is 0 Å². The lowest BCUT2D eigenvalue weighted by molar-refractivity contribution is -0.153. The number of ether oxygens (including phenoxy) is 2. The summed E-state index contributed by atoms with van der Waals surface area (Å²) in [5.41, 5.74) is -0.192. The van der Waals surface area contributed by atoms with Crippen molar-refractivity contribution < 1.29 is 19.1 Å². The molecule has 0 spiro atoms. The van der Waals surface area contributed by atoms with Gasteiger partial charge in [-0.05, 0) is 32.2 Å². The molecule has 24 heavy (non-hydrogen) atoms. The van der Waals surface area contributed by atoms with Gasteiger partial charge in [-0.2, -0.15) is 0 Å². The minimum absolute atomic E-state index is 0.207. The maximum Gasteiger partial charge on any atom is 0.331 e. The van der Waals surface area contributed by atoms with Crippen molar-refractivity contribution in [3.63, 3.8) is 0 Å². The maximum atomic E-state index is 13.0. The average Bonchev–Trinajstić information content (AvgIpc) is 2.93. The van der Waals surface area contributed by atoms with E-state index in [4.69, 9.17) is 9.47 Å². The molecule has 6 heteroatoms. The van der Waals surface area contributed by atoms with Crippen LogP contribution < -0.4 is 0 Å². The minimum atomic E-state index is -1.05. The zero-order valence-electron chi connectivity index (χ0n) is 14.7. The van der Waals surface area contributed by atoms with Crippen LogP contribution in [0.3, 0.4) is 0 Å². The highest BCUT2D eigenvalue weighted by Crippen LogP contribution is 2.33. The highest BCUT2D eigenvalue weighted by Gasteiger charge is 2.38. The number of carbonyl (C=O) groups is 2. The smallest absolute Gasteiger partial charge is 0.331 e. The molecule has 1 heterocycles. The summed E-state index contributed by atoms with van der Waals surface area (Å²) in [6.07, 6.45) is 0. The maximum absolute atomic E-state index is 13.0. The third-order valence-corrected chi connectivity index (χ3v) is 5.30. The molecule has 2 aromatic rings. The SMILES string of the molecule is CCOC(=O)C(C)(C)N(C)C(=O)c1sc2ccccc2c1COC. The van der Waals surface area contributed by atoms with Gasteiger partial charge in [-0.25, -0.2) is 4.79 Å². The number of methoxy groups -OCH3 is 1. The highest BCUT2D eigenvalue weighted by molar-refractivity contribution is 7.21. The first kappa shape index (κ1) is 18.4. The molecule has 0 saturated carbocycles. The lowest BCUT2D eigenvalue weighted by Crippen LogP contribution is -2.51. The molecule has 0 fully saturated rings. The number of thiophene rings is 1. The van der Waals surface area contributed by atoms with Crippen molar-refractivity contribution in [2.45, 2.75) is 32.9 Å². The van der Waals surface area contributed by atoms with E-state index < -0.39 is 11.5 Å². The van der Waals surface area contributed by atoms with Gasteiger partial charge in [-0.15, -0.1) is 11.3 Å². The summed E-state index contributed by atoms with van der Waals surface area (Å²) in [4.78, 5) is 27.3. The number of nitrogens with zero attached hydrogens (tertiary/aromatic N) is 1. The first-order valence-corrected chi connectivity index (χ1v) is 8.61. The third-order valence-electron chi connectivity index (χ3n) is 4.10. The van der Waals surface area contributed by atoms with E-state index >= 15 is 0 Å². The van der Waals surface area contributed by atoms with Gasteiger partial charge in [-0.1, -0.05) is 18.2 Å². The fraction of sp³-hybridized carbons (Fsp3) is 0.444. The summed E-state index contributed by atoms with van der Waals surface area (Å²) in [6, 6.07) is 7.84. The standard InChI is InChI=1S/C18H23NO4S/c1-6-23-17(21)18(2,3)19(4)16(20)15-13(11-22-5)12-9-7-8-10-14(12)24-15/h7-10H,6,11H2,1-5H3. The van der Waals surface area contributed by atoms with Crippen molar-refractivity contribution >= 4 is 33.3 Å². The zero-order chi connectivity index (χ0) is 17.9. The number of benzene rings is 1. The van der Waals surface area contributed by atoms with Crippen LogP contribution in [-0.4, -0.2) is 43.1 Å². The molecule has 0 aliphatic rings. The van der Waals surface area contributed by atoms with Gasteiger partial charge in [0.05, 0.1) is 18.1 Å². The number of carbonyl (C=O) groups excluding carboxylic acids is 2. The minimum Gasteiger partial charge on any atom is -0.464 e. The molecule has 1 amide bonds. The molecule has 130 valence electrons. The molecule has 0 bridgehead atoms. The lowest BCUT2D eigenvalue weighted by Gasteiger charge is -2.33. The van der Waals surface area contributed by atoms with Crippen LogP contribution in [0.25, 0.3) is 10.1 Å². The normalized spacial score (nSPS) is 11.5. The Labute approximate surface area is 146 Å². The Morgan fingerprint density at radius 3 is 2.54 bits per heavy atom. The molecule has 0 radical (unpaired) electrons. The number of hydrogen-bond donors (Lipinski definition) is 0. The van der Waals surface area contributed by atoms with Crippen LogP contribution in [-0.2, 0) is 20.9 Å². The van der Waals surface area contributed by atoms with E-state index in [0.717, 1.165) is 15.6 Å². The Morgan fingerprint density at radius 1 is 1.25 bits per heavy atom. The zero-order valence-corrected chi connectivity index (χ0v) is 15.5. The molecular weight excluding hydrogens is 326 g/mol. The molecule has 1 aromatic carbocycles. The monoisotopic (exact) mass is 349 g/mol. The fourth-order valence-electron chi connectivity index (χ4n) is 2.41. The third kappa shape index (κ3) is 3.30. The number of rotatable bonds is 6. The van der Waals surface area contributed by atoms with Gasteiger partial charge in [0, 0.05) is 24.4 Å². The van der Waals surface area contributed by atoms with Crippen molar-refractivity contribution in [1.29, 1.82) is 0 Å². The van der Waals surface area contributed by atoms with Crippen LogP contribution in [0.2, 0.25) is 0 Å². The van der Waals surface area contributed by atoms with Crippen LogP contribution in [0.4, 0.5) is 0 Å². The van der Waals surface area contributed by atoms with E-state index in [0.29, 0.717) is 11.5 Å². The molecule has 2 rings (SSSR count). The Balaban J connectivity index is 2.43. The summed E-state index contributed by atoms with van der Waals surface area (Å²) in [7, 11) is 3.23. The van der Waals surface area contributed by atoms with Gasteiger partial charge in [0.1, 0.15) is 5.54 Å². The quantitative estimate of drug-likeness (QED) is 0.750. The predicted molar refractivity (Wildman–Crippen MR) is 95.3 cm³/mol. The molecule has 0 aliphatic heterocycles. The molecule has 5 nitrogen and oxygen atoms in total. The Hall–Kier alpha value is -1.92. The molecule has 0 N–H and O–H groups in total. The Bertz CT molecular complexity index is 751. The van der Waals surface area contributed by atoms with E-state index in [1.54, 1.807) is 34.9 Å². The van der Waals surface area contributed by atoms with Gasteiger partial charge >= 0.3 is 5.97 Å². The summed E-state index contributed by atoms with van der Waals surface area (Å²) in [5.74, 6) is -0.628. The molecular formula is C18H23NO4S. The second-order valence-electron chi connectivity index (χ2n) is 5.98. The van der Waals surface area contributed by atoms with E-state index in [-0.39, 0.29) is 12.5 Å². The molecule has 0 atom stereocenters. The van der Waals surface area contributed by atoms with Crippen LogP contribution in [0.1, 0.15) is 36.0 Å². The number of fused-ring (bicyclic) bond motifs is 1. The summed E-state index contributed by atoms with van der Waals surface area (Å²) in [5, 5.41) is 1.01. The number of amides is 1. The largest absolute Gasteiger partial charge is 0.464 e. The molecule has 0 saturated heterocycles. The predicted octanol–water partition coefficient (Wildman–Crippen LogP) is 3.46. The van der Waals surface area contributed by atoms with Crippen molar-refractivity contribution in [2.75, 3.05) is 20.8 Å². The highest BCUT2D eigenvalue weighted by atomic mass is 32.1. The second kappa shape index (κ2) is 7.32. The molecule has 0 unspecified atom stereocenters. The van der Waals surface area contributed by atoms with Gasteiger partial charge in [0.15, 0.2) is 0 Å². The van der Waals surface area contributed by atoms with E-state index in [1.807, 2.05) is 24.3 Å². The lowest BCUT2D eigenvalue weighted by atomic mass is 10.0. The van der Waals surface area contributed by atoms with Crippen molar-refractivity contribution in [3.05, 3.63) is 34.7 Å². The second-order valence-corrected chi connectivity index (χ2v) is 7.03. The van der Waals surface area contributed by atoms with E-state index in [1.165, 1.54) is 16.2 Å². The van der Waals surface area contributed by atoms with Crippen molar-refractivity contribution in [3.8, 4) is 0 Å². The average molecular weight is 349 g/mol. The Morgan fingerprint density at radius 2 is 1.92 bits per heavy atom. The summed E-state index contributed by atoms with van der Waals surface area (Å²) in [6.45, 7) is 5.75. The number of likely N-dealkylation sites (N-methyl/N-ethyl adjacent to an activating group) is 1. The van der Waals surface area contributed by atoms with Gasteiger partial charge in [0.25, 0.3) is 5.91 Å². The first-order valence-electron chi connectivity index (χ1n) is 7.79. The van der Waals surface area contributed by atoms with E-state index in [9.17, 15) is 9.59 Å². The topological polar surface area (TPSA) is 55.8 Å². The van der Waals surface area contributed by atoms with Crippen LogP contribution in [0.5, 0.6) is 0 Å². The number of hydrogen-bond acceptors (Lipinski definition) is 5. The van der Waals surface area contributed by atoms with Crippen LogP contribution in [0.15, 0.2) is 24.3 Å².